The van der Waals surface area contributed by atoms with Gasteiger partial charge < -0.3 is 14.6 Å². The van der Waals surface area contributed by atoms with Gasteiger partial charge in [-0.15, -0.1) is 0 Å². The van der Waals surface area contributed by atoms with Crippen molar-refractivity contribution in [1.29, 1.82) is 0 Å². The molecule has 146 valence electrons. The molecule has 4 aromatic rings. The Bertz CT molecular complexity index is 1190. The Morgan fingerprint density at radius 1 is 1.03 bits per heavy atom. The number of ether oxygens (including phenoxy) is 1. The minimum atomic E-state index is -0.158. The largest absolute Gasteiger partial charge is 0.497 e. The molecule has 0 fully saturated rings. The van der Waals surface area contributed by atoms with Crippen LogP contribution in [0, 0.1) is 0 Å². The van der Waals surface area contributed by atoms with E-state index in [4.69, 9.17) is 16.3 Å². The summed E-state index contributed by atoms with van der Waals surface area (Å²) in [5, 5.41) is 5.39. The topological polar surface area (TPSA) is 43.3 Å². The fraction of sp³-hybridized carbons (Fsp3) is 0.0870. The van der Waals surface area contributed by atoms with Gasteiger partial charge >= 0.3 is 0 Å². The van der Waals surface area contributed by atoms with Gasteiger partial charge in [0.05, 0.1) is 17.7 Å². The number of methoxy groups -OCH3 is 1. The second kappa shape index (κ2) is 8.23. The standard InChI is InChI=1S/C23H19ClN2O2S/c1-26-20-9-4-3-8-19(20)21(22(27)25-16-12-10-15(24)11-13-16)23(26)29-18-7-5-6-17(14-18)28-2/h3-14H,1-2H3,(H,25,27). The molecular weight excluding hydrogens is 404 g/mol. The lowest BCUT2D eigenvalue weighted by Crippen LogP contribution is -2.12. The number of anilines is 1. The number of aryl methyl sites for hydroxylation is 1. The van der Waals surface area contributed by atoms with Gasteiger partial charge in [-0.3, -0.25) is 4.79 Å². The Morgan fingerprint density at radius 3 is 2.55 bits per heavy atom. The second-order valence-corrected chi connectivity index (χ2v) is 8.00. The van der Waals surface area contributed by atoms with E-state index >= 15 is 0 Å². The van der Waals surface area contributed by atoms with Gasteiger partial charge in [0.2, 0.25) is 0 Å². The van der Waals surface area contributed by atoms with E-state index in [1.807, 2.05) is 55.6 Å². The van der Waals surface area contributed by atoms with Crippen LogP contribution < -0.4 is 10.1 Å². The number of hydrogen-bond donors (Lipinski definition) is 1. The summed E-state index contributed by atoms with van der Waals surface area (Å²) >= 11 is 7.50. The smallest absolute Gasteiger partial charge is 0.259 e. The summed E-state index contributed by atoms with van der Waals surface area (Å²) < 4.78 is 7.39. The van der Waals surface area contributed by atoms with E-state index in [0.29, 0.717) is 16.3 Å². The third-order valence-electron chi connectivity index (χ3n) is 4.64. The Balaban J connectivity index is 1.78. The summed E-state index contributed by atoms with van der Waals surface area (Å²) in [6.07, 6.45) is 0. The highest BCUT2D eigenvalue weighted by molar-refractivity contribution is 7.99. The lowest BCUT2D eigenvalue weighted by molar-refractivity contribution is 0.102. The molecule has 0 aliphatic rings. The van der Waals surface area contributed by atoms with Gasteiger partial charge in [0.25, 0.3) is 5.91 Å². The van der Waals surface area contributed by atoms with Gasteiger partial charge in [0, 0.05) is 33.6 Å². The van der Waals surface area contributed by atoms with Crippen molar-refractivity contribution in [2.45, 2.75) is 9.92 Å². The highest BCUT2D eigenvalue weighted by atomic mass is 35.5. The zero-order valence-electron chi connectivity index (χ0n) is 16.0. The van der Waals surface area contributed by atoms with Gasteiger partial charge in [-0.1, -0.05) is 47.6 Å². The van der Waals surface area contributed by atoms with E-state index in [1.165, 1.54) is 11.8 Å². The van der Waals surface area contributed by atoms with Crippen LogP contribution in [0.25, 0.3) is 10.9 Å². The van der Waals surface area contributed by atoms with E-state index in [2.05, 4.69) is 9.88 Å². The molecule has 0 atom stereocenters. The average Bonchev–Trinajstić information content (AvgIpc) is 3.02. The van der Waals surface area contributed by atoms with Gasteiger partial charge in [0.1, 0.15) is 5.75 Å². The third-order valence-corrected chi connectivity index (χ3v) is 6.05. The third kappa shape index (κ3) is 3.97. The number of fused-ring (bicyclic) bond motifs is 1. The lowest BCUT2D eigenvalue weighted by atomic mass is 10.1. The number of carbonyl (C=O) groups excluding carboxylic acids is 1. The summed E-state index contributed by atoms with van der Waals surface area (Å²) in [6.45, 7) is 0. The number of amides is 1. The average molecular weight is 423 g/mol. The van der Waals surface area contributed by atoms with Crippen LogP contribution in [0.4, 0.5) is 5.69 Å². The van der Waals surface area contributed by atoms with Crippen molar-refractivity contribution in [3.8, 4) is 5.75 Å². The first-order valence-electron chi connectivity index (χ1n) is 9.03. The van der Waals surface area contributed by atoms with E-state index in [9.17, 15) is 4.79 Å². The number of benzene rings is 3. The molecule has 1 heterocycles. The van der Waals surface area contributed by atoms with Crippen LogP contribution in [-0.2, 0) is 7.05 Å². The van der Waals surface area contributed by atoms with Crippen LogP contribution >= 0.6 is 23.4 Å². The molecule has 0 bridgehead atoms. The molecule has 3 aromatic carbocycles. The maximum atomic E-state index is 13.3. The predicted octanol–water partition coefficient (Wildman–Crippen LogP) is 6.24. The quantitative estimate of drug-likeness (QED) is 0.413. The zero-order chi connectivity index (χ0) is 20.4. The first-order chi connectivity index (χ1) is 14.1. The molecule has 1 N–H and O–H groups in total. The van der Waals surface area contributed by atoms with E-state index in [0.717, 1.165) is 26.6 Å². The van der Waals surface area contributed by atoms with Crippen molar-refractivity contribution in [3.05, 3.63) is 83.4 Å². The molecule has 29 heavy (non-hydrogen) atoms. The highest BCUT2D eigenvalue weighted by Gasteiger charge is 2.22. The number of hydrogen-bond acceptors (Lipinski definition) is 3. The molecule has 0 aliphatic heterocycles. The van der Waals surface area contributed by atoms with Crippen molar-refractivity contribution in [2.24, 2.45) is 7.05 Å². The molecule has 1 amide bonds. The fourth-order valence-corrected chi connectivity index (χ4v) is 4.42. The fourth-order valence-electron chi connectivity index (χ4n) is 3.21. The number of para-hydroxylation sites is 1. The molecule has 1 aromatic heterocycles. The monoisotopic (exact) mass is 422 g/mol. The Labute approximate surface area is 178 Å². The van der Waals surface area contributed by atoms with Gasteiger partial charge in [-0.05, 0) is 48.5 Å². The Kier molecular flexibility index (Phi) is 5.51. The molecule has 4 rings (SSSR count). The van der Waals surface area contributed by atoms with Gasteiger partial charge in [-0.2, -0.15) is 0 Å². The number of halogens is 1. The molecule has 0 radical (unpaired) electrons. The molecule has 0 saturated heterocycles. The van der Waals surface area contributed by atoms with Crippen LogP contribution in [0.15, 0.2) is 82.7 Å². The minimum Gasteiger partial charge on any atom is -0.497 e. The van der Waals surface area contributed by atoms with Crippen molar-refractivity contribution >= 4 is 45.9 Å². The number of carbonyl (C=O) groups is 1. The van der Waals surface area contributed by atoms with Gasteiger partial charge in [0.15, 0.2) is 0 Å². The van der Waals surface area contributed by atoms with Crippen molar-refractivity contribution in [1.82, 2.24) is 4.57 Å². The zero-order valence-corrected chi connectivity index (χ0v) is 17.6. The van der Waals surface area contributed by atoms with Gasteiger partial charge in [-0.25, -0.2) is 0 Å². The Hall–Kier alpha value is -2.89. The van der Waals surface area contributed by atoms with E-state index in [1.54, 1.807) is 31.4 Å². The van der Waals surface area contributed by atoms with Crippen LogP contribution in [0.2, 0.25) is 5.02 Å². The SMILES string of the molecule is COc1cccc(Sc2c(C(=O)Nc3ccc(Cl)cc3)c3ccccc3n2C)c1. The maximum absolute atomic E-state index is 13.3. The molecular formula is C23H19ClN2O2S. The first kappa shape index (κ1) is 19.4. The van der Waals surface area contributed by atoms with E-state index in [-0.39, 0.29) is 5.91 Å². The molecule has 0 unspecified atom stereocenters. The number of nitrogens with one attached hydrogen (secondary N) is 1. The predicted molar refractivity (Wildman–Crippen MR) is 119 cm³/mol. The molecule has 0 aliphatic carbocycles. The van der Waals surface area contributed by atoms with Crippen molar-refractivity contribution < 1.29 is 9.53 Å². The molecule has 0 spiro atoms. The minimum absolute atomic E-state index is 0.158. The first-order valence-corrected chi connectivity index (χ1v) is 10.2. The molecule has 0 saturated carbocycles. The Morgan fingerprint density at radius 2 is 1.79 bits per heavy atom. The lowest BCUT2D eigenvalue weighted by Gasteiger charge is -2.10. The normalized spacial score (nSPS) is 10.9. The number of aromatic nitrogens is 1. The number of rotatable bonds is 5. The summed E-state index contributed by atoms with van der Waals surface area (Å²) in [6, 6.07) is 22.8. The summed E-state index contributed by atoms with van der Waals surface area (Å²) in [7, 11) is 3.62. The van der Waals surface area contributed by atoms with E-state index < -0.39 is 0 Å². The summed E-state index contributed by atoms with van der Waals surface area (Å²) in [5.74, 6) is 0.621. The summed E-state index contributed by atoms with van der Waals surface area (Å²) in [5.41, 5.74) is 2.34. The van der Waals surface area contributed by atoms with Crippen LogP contribution in [0.1, 0.15) is 10.4 Å². The van der Waals surface area contributed by atoms with Crippen molar-refractivity contribution in [2.75, 3.05) is 12.4 Å². The van der Waals surface area contributed by atoms with Crippen LogP contribution in [0.3, 0.4) is 0 Å². The highest BCUT2D eigenvalue weighted by Crippen LogP contribution is 2.38. The van der Waals surface area contributed by atoms with Crippen LogP contribution in [0.5, 0.6) is 5.75 Å². The molecule has 6 heteroatoms. The van der Waals surface area contributed by atoms with Crippen molar-refractivity contribution in [3.63, 3.8) is 0 Å². The second-order valence-electron chi connectivity index (χ2n) is 6.50. The summed E-state index contributed by atoms with van der Waals surface area (Å²) in [4.78, 5) is 14.3. The molecule has 4 nitrogen and oxygen atoms in total. The number of nitrogens with zero attached hydrogens (tertiary/aromatic N) is 1. The van der Waals surface area contributed by atoms with Crippen LogP contribution in [-0.4, -0.2) is 17.6 Å². The maximum Gasteiger partial charge on any atom is 0.259 e.